The molecule has 4 rings (SSSR count). The molecule has 6 nitrogen and oxygen atoms in total. The van der Waals surface area contributed by atoms with E-state index in [1.165, 1.54) is 10.6 Å². The number of benzene rings is 1. The molecule has 178 valence electrons. The Balaban J connectivity index is 1.69. The molecule has 2 aromatic heterocycles. The van der Waals surface area contributed by atoms with Crippen LogP contribution in [0.2, 0.25) is 0 Å². The molecule has 0 spiro atoms. The zero-order valence-electron chi connectivity index (χ0n) is 18.9. The lowest BCUT2D eigenvalue weighted by Crippen LogP contribution is -2.58. The van der Waals surface area contributed by atoms with Crippen LogP contribution in [0.25, 0.3) is 11.0 Å². The number of hydrogen-bond donors (Lipinski definition) is 1. The second-order valence-corrected chi connectivity index (χ2v) is 8.71. The van der Waals surface area contributed by atoms with Crippen LogP contribution in [0.1, 0.15) is 44.4 Å². The van der Waals surface area contributed by atoms with Crippen LogP contribution in [0.15, 0.2) is 35.3 Å². The average Bonchev–Trinajstić information content (AvgIpc) is 3.25. The minimum Gasteiger partial charge on any atom is -0.364 e. The topological polar surface area (TPSA) is 57.2 Å². The largest absolute Gasteiger partial charge is 0.416 e. The zero-order chi connectivity index (χ0) is 24.1. The first kappa shape index (κ1) is 23.3. The fourth-order valence-corrected chi connectivity index (χ4v) is 4.90. The van der Waals surface area contributed by atoms with Crippen LogP contribution in [0.4, 0.5) is 23.2 Å². The van der Waals surface area contributed by atoms with Gasteiger partial charge in [-0.25, -0.2) is 4.39 Å². The number of aryl methyl sites for hydroxylation is 1. The predicted molar refractivity (Wildman–Crippen MR) is 119 cm³/mol. The van der Waals surface area contributed by atoms with E-state index in [-0.39, 0.29) is 23.2 Å². The van der Waals surface area contributed by atoms with Crippen LogP contribution >= 0.6 is 0 Å². The van der Waals surface area contributed by atoms with Crippen LogP contribution in [0.5, 0.6) is 0 Å². The number of aromatic amines is 1. The first-order valence-electron chi connectivity index (χ1n) is 11.0. The molecule has 3 atom stereocenters. The molecular weight excluding hydrogens is 438 g/mol. The Morgan fingerprint density at radius 2 is 1.97 bits per heavy atom. The van der Waals surface area contributed by atoms with Crippen molar-refractivity contribution >= 4 is 16.7 Å². The van der Waals surface area contributed by atoms with Crippen molar-refractivity contribution < 1.29 is 17.6 Å². The maximum Gasteiger partial charge on any atom is 0.416 e. The van der Waals surface area contributed by atoms with E-state index in [2.05, 4.69) is 15.1 Å². The third-order valence-corrected chi connectivity index (χ3v) is 6.75. The Labute approximate surface area is 188 Å². The highest BCUT2D eigenvalue weighted by atomic mass is 19.4. The Morgan fingerprint density at radius 1 is 1.24 bits per heavy atom. The summed E-state index contributed by atoms with van der Waals surface area (Å²) in [5.41, 5.74) is 1.05. The maximum atomic E-state index is 13.6. The van der Waals surface area contributed by atoms with E-state index in [4.69, 9.17) is 0 Å². The summed E-state index contributed by atoms with van der Waals surface area (Å²) >= 11 is 0. The highest BCUT2D eigenvalue weighted by molar-refractivity contribution is 5.88. The van der Waals surface area contributed by atoms with Gasteiger partial charge in [0.15, 0.2) is 0 Å². The fourth-order valence-electron chi connectivity index (χ4n) is 4.90. The summed E-state index contributed by atoms with van der Waals surface area (Å²) in [5.74, 6) is -0.905. The molecule has 1 fully saturated rings. The van der Waals surface area contributed by atoms with Crippen molar-refractivity contribution in [3.63, 3.8) is 0 Å². The average molecular weight is 465 g/mol. The van der Waals surface area contributed by atoms with Crippen LogP contribution in [0, 0.1) is 5.82 Å². The van der Waals surface area contributed by atoms with E-state index in [1.54, 1.807) is 26.2 Å². The third-order valence-electron chi connectivity index (χ3n) is 6.75. The summed E-state index contributed by atoms with van der Waals surface area (Å²) in [5, 5.41) is 7.14. The molecule has 1 aromatic carbocycles. The van der Waals surface area contributed by atoms with E-state index in [1.807, 2.05) is 18.7 Å². The number of halogens is 4. The van der Waals surface area contributed by atoms with Crippen LogP contribution < -0.4 is 10.5 Å². The summed E-state index contributed by atoms with van der Waals surface area (Å²) in [6.45, 7) is 6.71. The van der Waals surface area contributed by atoms with Gasteiger partial charge in [0.05, 0.1) is 16.8 Å². The molecule has 1 aliphatic heterocycles. The SMILES string of the molecule is CC[C@@H]1CN(c2cc(=O)n(C)c3c[nH]nc23)[C@@H](C)CN1C(C)c1ccc(F)cc1C(F)(F)F. The van der Waals surface area contributed by atoms with Crippen molar-refractivity contribution in [1.29, 1.82) is 0 Å². The lowest BCUT2D eigenvalue weighted by Gasteiger charge is -2.49. The maximum absolute atomic E-state index is 13.6. The number of rotatable bonds is 4. The quantitative estimate of drug-likeness (QED) is 0.578. The summed E-state index contributed by atoms with van der Waals surface area (Å²) in [7, 11) is 1.68. The lowest BCUT2D eigenvalue weighted by molar-refractivity contribution is -0.139. The third kappa shape index (κ3) is 4.12. The summed E-state index contributed by atoms with van der Waals surface area (Å²) in [6.07, 6.45) is -2.27. The fraction of sp³-hybridized carbons (Fsp3) is 0.478. The van der Waals surface area contributed by atoms with Gasteiger partial charge in [-0.3, -0.25) is 14.8 Å². The first-order valence-corrected chi connectivity index (χ1v) is 11.0. The van der Waals surface area contributed by atoms with Gasteiger partial charge in [0.2, 0.25) is 0 Å². The van der Waals surface area contributed by atoms with Crippen molar-refractivity contribution in [1.82, 2.24) is 19.7 Å². The summed E-state index contributed by atoms with van der Waals surface area (Å²) in [4.78, 5) is 16.7. The second kappa shape index (κ2) is 8.48. The van der Waals surface area contributed by atoms with Gasteiger partial charge in [-0.15, -0.1) is 0 Å². The molecule has 3 aromatic rings. The van der Waals surface area contributed by atoms with Crippen molar-refractivity contribution in [3.8, 4) is 0 Å². The molecule has 0 bridgehead atoms. The van der Waals surface area contributed by atoms with E-state index in [9.17, 15) is 22.4 Å². The molecule has 0 saturated carbocycles. The van der Waals surface area contributed by atoms with Gasteiger partial charge in [-0.2, -0.15) is 18.3 Å². The zero-order valence-corrected chi connectivity index (χ0v) is 18.9. The number of hydrogen-bond acceptors (Lipinski definition) is 4. The molecule has 1 unspecified atom stereocenters. The predicted octanol–water partition coefficient (Wildman–Crippen LogP) is 4.47. The van der Waals surface area contributed by atoms with Crippen molar-refractivity contribution in [2.75, 3.05) is 18.0 Å². The van der Waals surface area contributed by atoms with Gasteiger partial charge in [-0.05, 0) is 38.0 Å². The highest BCUT2D eigenvalue weighted by Gasteiger charge is 2.39. The minimum atomic E-state index is -4.64. The number of anilines is 1. The number of H-pyrrole nitrogens is 1. The molecular formula is C23H27F4N5O. The number of pyridine rings is 1. The Kier molecular flexibility index (Phi) is 5.98. The smallest absolute Gasteiger partial charge is 0.364 e. The van der Waals surface area contributed by atoms with E-state index < -0.39 is 23.6 Å². The molecule has 1 aliphatic rings. The van der Waals surface area contributed by atoms with Gasteiger partial charge in [0, 0.05) is 50.5 Å². The number of nitrogens with zero attached hydrogens (tertiary/aromatic N) is 4. The van der Waals surface area contributed by atoms with Crippen molar-refractivity contribution in [2.24, 2.45) is 7.05 Å². The number of nitrogens with one attached hydrogen (secondary N) is 1. The summed E-state index contributed by atoms with van der Waals surface area (Å²) < 4.78 is 56.1. The lowest BCUT2D eigenvalue weighted by atomic mass is 9.95. The monoisotopic (exact) mass is 465 g/mol. The van der Waals surface area contributed by atoms with E-state index in [0.717, 1.165) is 6.07 Å². The minimum absolute atomic E-state index is 0.0614. The molecule has 3 heterocycles. The number of fused-ring (bicyclic) bond motifs is 1. The van der Waals surface area contributed by atoms with Gasteiger partial charge < -0.3 is 9.47 Å². The standard InChI is InChI=1S/C23H27F4N5O/c1-5-16-12-31(19-9-21(33)30(4)20-10-28-29-22(19)20)13(2)11-32(16)14(3)17-7-6-15(24)8-18(17)23(25,26)27/h6-10,13-14,16H,5,11-12H2,1-4H3,(H,28,29)/t13-,14?,16+/m0/s1. The molecule has 1 saturated heterocycles. The van der Waals surface area contributed by atoms with Gasteiger partial charge >= 0.3 is 6.18 Å². The normalized spacial score (nSPS) is 21.0. The van der Waals surface area contributed by atoms with Crippen molar-refractivity contribution in [3.05, 3.63) is 57.8 Å². The molecule has 1 N–H and O–H groups in total. The van der Waals surface area contributed by atoms with Gasteiger partial charge in [-0.1, -0.05) is 13.0 Å². The van der Waals surface area contributed by atoms with Crippen LogP contribution in [-0.4, -0.2) is 44.8 Å². The Morgan fingerprint density at radius 3 is 2.64 bits per heavy atom. The van der Waals surface area contributed by atoms with E-state index >= 15 is 0 Å². The molecule has 0 aliphatic carbocycles. The number of piperazine rings is 1. The Hall–Kier alpha value is -2.88. The first-order chi connectivity index (χ1) is 15.5. The van der Waals surface area contributed by atoms with Crippen LogP contribution in [0.3, 0.4) is 0 Å². The molecule has 10 heteroatoms. The molecule has 0 radical (unpaired) electrons. The van der Waals surface area contributed by atoms with Crippen LogP contribution in [-0.2, 0) is 13.2 Å². The number of alkyl halides is 3. The second-order valence-electron chi connectivity index (χ2n) is 8.71. The molecule has 0 amide bonds. The number of aromatic nitrogens is 3. The van der Waals surface area contributed by atoms with Gasteiger partial charge in [0.1, 0.15) is 11.3 Å². The van der Waals surface area contributed by atoms with E-state index in [0.29, 0.717) is 42.3 Å². The summed E-state index contributed by atoms with van der Waals surface area (Å²) in [6, 6.07) is 3.73. The Bertz CT molecular complexity index is 1220. The van der Waals surface area contributed by atoms with Crippen molar-refractivity contribution in [2.45, 2.75) is 51.5 Å². The molecule has 33 heavy (non-hydrogen) atoms. The van der Waals surface area contributed by atoms with Gasteiger partial charge in [0.25, 0.3) is 5.56 Å². The highest BCUT2D eigenvalue weighted by Crippen LogP contribution is 2.39.